The number of nitrogens with one attached hydrogen (secondary N) is 1. The standard InChI is InChI=1S/C12H15N/c1-9-7-10(2)11-5-3-4-6-12(11)13-8-9/h3-7,9,13H,8H2,1-2H3/t9-/m1/s1. The fourth-order valence-electron chi connectivity index (χ4n) is 1.83. The van der Waals surface area contributed by atoms with Gasteiger partial charge < -0.3 is 5.32 Å². The lowest BCUT2D eigenvalue weighted by Gasteiger charge is -2.08. The van der Waals surface area contributed by atoms with Crippen LogP contribution in [0.1, 0.15) is 19.4 Å². The van der Waals surface area contributed by atoms with Gasteiger partial charge in [0.05, 0.1) is 0 Å². The van der Waals surface area contributed by atoms with Gasteiger partial charge in [0.1, 0.15) is 0 Å². The second-order valence-corrected chi connectivity index (χ2v) is 3.75. The Kier molecular flexibility index (Phi) is 2.09. The molecule has 0 bridgehead atoms. The third-order valence-corrected chi connectivity index (χ3v) is 2.50. The first-order chi connectivity index (χ1) is 6.27. The Labute approximate surface area is 79.5 Å². The number of rotatable bonds is 0. The summed E-state index contributed by atoms with van der Waals surface area (Å²) in [4.78, 5) is 0. The molecular formula is C12H15N. The molecule has 0 aromatic heterocycles. The first-order valence-corrected chi connectivity index (χ1v) is 4.79. The monoisotopic (exact) mass is 173 g/mol. The fraction of sp³-hybridized carbons (Fsp3) is 0.333. The average Bonchev–Trinajstić information content (AvgIpc) is 2.27. The fourth-order valence-corrected chi connectivity index (χ4v) is 1.83. The third-order valence-electron chi connectivity index (χ3n) is 2.50. The predicted octanol–water partition coefficient (Wildman–Crippen LogP) is 3.15. The summed E-state index contributed by atoms with van der Waals surface area (Å²) in [6, 6.07) is 8.49. The molecular weight excluding hydrogens is 158 g/mol. The molecule has 0 saturated heterocycles. The van der Waals surface area contributed by atoms with Crippen LogP contribution in [0.15, 0.2) is 30.3 Å². The Bertz CT molecular complexity index is 339. The maximum Gasteiger partial charge on any atom is 0.0416 e. The first kappa shape index (κ1) is 8.36. The largest absolute Gasteiger partial charge is 0.384 e. The number of anilines is 1. The Morgan fingerprint density at radius 1 is 1.31 bits per heavy atom. The van der Waals surface area contributed by atoms with Gasteiger partial charge in [0.25, 0.3) is 0 Å². The lowest BCUT2D eigenvalue weighted by Crippen LogP contribution is -2.07. The number of hydrogen-bond donors (Lipinski definition) is 1. The number of benzene rings is 1. The lowest BCUT2D eigenvalue weighted by atomic mass is 10.0. The zero-order chi connectivity index (χ0) is 9.26. The Hall–Kier alpha value is -1.24. The Morgan fingerprint density at radius 2 is 2.08 bits per heavy atom. The molecule has 1 N–H and O–H groups in total. The predicted molar refractivity (Wildman–Crippen MR) is 57.7 cm³/mol. The summed E-state index contributed by atoms with van der Waals surface area (Å²) >= 11 is 0. The van der Waals surface area contributed by atoms with Gasteiger partial charge in [-0.3, -0.25) is 0 Å². The van der Waals surface area contributed by atoms with Crippen molar-refractivity contribution < 1.29 is 0 Å². The van der Waals surface area contributed by atoms with E-state index in [0.29, 0.717) is 5.92 Å². The first-order valence-electron chi connectivity index (χ1n) is 4.79. The van der Waals surface area contributed by atoms with E-state index in [-0.39, 0.29) is 0 Å². The van der Waals surface area contributed by atoms with Crippen LogP contribution in [0.4, 0.5) is 5.69 Å². The molecule has 1 aromatic carbocycles. The highest BCUT2D eigenvalue weighted by molar-refractivity contribution is 5.76. The summed E-state index contributed by atoms with van der Waals surface area (Å²) in [6.45, 7) is 5.46. The van der Waals surface area contributed by atoms with Gasteiger partial charge in [-0.25, -0.2) is 0 Å². The minimum atomic E-state index is 0.618. The van der Waals surface area contributed by atoms with Gasteiger partial charge in [-0.05, 0) is 24.5 Å². The van der Waals surface area contributed by atoms with Gasteiger partial charge in [0.2, 0.25) is 0 Å². The quantitative estimate of drug-likeness (QED) is 0.635. The maximum absolute atomic E-state index is 3.45. The van der Waals surface area contributed by atoms with Crippen LogP contribution in [0.25, 0.3) is 5.57 Å². The van der Waals surface area contributed by atoms with E-state index in [9.17, 15) is 0 Å². The zero-order valence-electron chi connectivity index (χ0n) is 8.17. The Balaban J connectivity index is 2.48. The molecule has 13 heavy (non-hydrogen) atoms. The molecule has 0 saturated carbocycles. The molecule has 1 aromatic rings. The second kappa shape index (κ2) is 3.25. The van der Waals surface area contributed by atoms with Gasteiger partial charge in [-0.2, -0.15) is 0 Å². The van der Waals surface area contributed by atoms with E-state index in [1.165, 1.54) is 16.8 Å². The number of para-hydroxylation sites is 1. The van der Waals surface area contributed by atoms with Crippen molar-refractivity contribution in [1.82, 2.24) is 0 Å². The van der Waals surface area contributed by atoms with Crippen LogP contribution in [0, 0.1) is 5.92 Å². The normalized spacial score (nSPS) is 21.1. The summed E-state index contributed by atoms with van der Waals surface area (Å²) < 4.78 is 0. The van der Waals surface area contributed by atoms with E-state index in [4.69, 9.17) is 0 Å². The van der Waals surface area contributed by atoms with Crippen molar-refractivity contribution >= 4 is 11.3 Å². The minimum absolute atomic E-state index is 0.618. The molecule has 68 valence electrons. The number of allylic oxidation sites excluding steroid dienone is 1. The minimum Gasteiger partial charge on any atom is -0.384 e. The van der Waals surface area contributed by atoms with Crippen LogP contribution >= 0.6 is 0 Å². The van der Waals surface area contributed by atoms with Crippen molar-refractivity contribution in [3.05, 3.63) is 35.9 Å². The molecule has 1 nitrogen and oxygen atoms in total. The van der Waals surface area contributed by atoms with Crippen molar-refractivity contribution in [2.24, 2.45) is 5.92 Å². The van der Waals surface area contributed by atoms with E-state index in [2.05, 4.69) is 49.5 Å². The van der Waals surface area contributed by atoms with E-state index in [1.807, 2.05) is 0 Å². The topological polar surface area (TPSA) is 12.0 Å². The molecule has 0 unspecified atom stereocenters. The van der Waals surface area contributed by atoms with E-state index in [1.54, 1.807) is 0 Å². The van der Waals surface area contributed by atoms with Gasteiger partial charge in [-0.15, -0.1) is 0 Å². The van der Waals surface area contributed by atoms with Crippen LogP contribution in [-0.2, 0) is 0 Å². The highest BCUT2D eigenvalue weighted by Crippen LogP contribution is 2.27. The van der Waals surface area contributed by atoms with E-state index >= 15 is 0 Å². The van der Waals surface area contributed by atoms with E-state index in [0.717, 1.165) is 6.54 Å². The lowest BCUT2D eigenvalue weighted by molar-refractivity contribution is 0.776. The zero-order valence-corrected chi connectivity index (χ0v) is 8.17. The van der Waals surface area contributed by atoms with Crippen molar-refractivity contribution in [2.45, 2.75) is 13.8 Å². The van der Waals surface area contributed by atoms with Crippen molar-refractivity contribution in [1.29, 1.82) is 0 Å². The van der Waals surface area contributed by atoms with Crippen molar-refractivity contribution in [3.8, 4) is 0 Å². The molecule has 1 heteroatoms. The highest BCUT2D eigenvalue weighted by Gasteiger charge is 2.09. The summed E-state index contributed by atoms with van der Waals surface area (Å²) in [5.74, 6) is 0.618. The molecule has 0 spiro atoms. The maximum atomic E-state index is 3.45. The van der Waals surface area contributed by atoms with Gasteiger partial charge >= 0.3 is 0 Å². The summed E-state index contributed by atoms with van der Waals surface area (Å²) in [5, 5.41) is 3.45. The van der Waals surface area contributed by atoms with Gasteiger partial charge in [-0.1, -0.05) is 31.2 Å². The SMILES string of the molecule is CC1=C[C@@H](C)CNc2ccccc21. The molecule has 1 atom stereocenters. The van der Waals surface area contributed by atoms with Crippen LogP contribution in [-0.4, -0.2) is 6.54 Å². The summed E-state index contributed by atoms with van der Waals surface area (Å²) in [7, 11) is 0. The van der Waals surface area contributed by atoms with Crippen molar-refractivity contribution in [3.63, 3.8) is 0 Å². The van der Waals surface area contributed by atoms with Gasteiger partial charge in [0, 0.05) is 17.8 Å². The summed E-state index contributed by atoms with van der Waals surface area (Å²) in [5.41, 5.74) is 3.99. The van der Waals surface area contributed by atoms with E-state index < -0.39 is 0 Å². The van der Waals surface area contributed by atoms with Crippen LogP contribution in [0.2, 0.25) is 0 Å². The molecule has 1 aliphatic heterocycles. The Morgan fingerprint density at radius 3 is 2.92 bits per heavy atom. The molecule has 0 radical (unpaired) electrons. The van der Waals surface area contributed by atoms with Crippen LogP contribution < -0.4 is 5.32 Å². The smallest absolute Gasteiger partial charge is 0.0416 e. The second-order valence-electron chi connectivity index (χ2n) is 3.75. The molecule has 0 amide bonds. The molecule has 0 fully saturated rings. The third kappa shape index (κ3) is 1.59. The molecule has 1 heterocycles. The number of fused-ring (bicyclic) bond motifs is 1. The molecule has 0 aliphatic carbocycles. The average molecular weight is 173 g/mol. The molecule has 2 rings (SSSR count). The van der Waals surface area contributed by atoms with Gasteiger partial charge in [0.15, 0.2) is 0 Å². The summed E-state index contributed by atoms with van der Waals surface area (Å²) in [6.07, 6.45) is 2.33. The van der Waals surface area contributed by atoms with Crippen LogP contribution in [0.5, 0.6) is 0 Å². The number of hydrogen-bond acceptors (Lipinski definition) is 1. The van der Waals surface area contributed by atoms with Crippen molar-refractivity contribution in [2.75, 3.05) is 11.9 Å². The van der Waals surface area contributed by atoms with Crippen LogP contribution in [0.3, 0.4) is 0 Å². The molecule has 1 aliphatic rings. The highest BCUT2D eigenvalue weighted by atomic mass is 14.9.